The third-order valence-corrected chi connectivity index (χ3v) is 3.78. The molecule has 5 nitrogen and oxygen atoms in total. The maximum Gasteiger partial charge on any atom is 0.262 e. The van der Waals surface area contributed by atoms with Crippen LogP contribution in [0.25, 0.3) is 0 Å². The van der Waals surface area contributed by atoms with Crippen LogP contribution in [-0.4, -0.2) is 23.3 Å². The second-order valence-corrected chi connectivity index (χ2v) is 5.96. The van der Waals surface area contributed by atoms with E-state index in [9.17, 15) is 9.59 Å². The Labute approximate surface area is 163 Å². The number of aromatic nitrogens is 1. The molecule has 1 amide bonds. The molecule has 0 saturated carbocycles. The topological polar surface area (TPSA) is 68.3 Å². The zero-order valence-electron chi connectivity index (χ0n) is 15.3. The minimum atomic E-state index is -0.287. The van der Waals surface area contributed by atoms with Gasteiger partial charge in [0.2, 0.25) is 0 Å². The summed E-state index contributed by atoms with van der Waals surface area (Å²) in [5.74, 6) is 6.22. The lowest BCUT2D eigenvalue weighted by atomic mass is 10.1. The number of nitrogens with one attached hydrogen (secondary N) is 1. The van der Waals surface area contributed by atoms with Crippen LogP contribution >= 0.6 is 0 Å². The molecule has 2 aromatic carbocycles. The summed E-state index contributed by atoms with van der Waals surface area (Å²) in [6.45, 7) is 1.36. The van der Waals surface area contributed by atoms with E-state index in [1.54, 1.807) is 42.6 Å². The van der Waals surface area contributed by atoms with Crippen LogP contribution in [0.2, 0.25) is 0 Å². The van der Waals surface area contributed by atoms with Gasteiger partial charge in [-0.25, -0.2) is 4.98 Å². The number of benzene rings is 2. The lowest BCUT2D eigenvalue weighted by Crippen LogP contribution is -2.20. The first-order valence-corrected chi connectivity index (χ1v) is 8.67. The number of carbonyl (C=O) groups is 2. The molecule has 1 aromatic heterocycles. The van der Waals surface area contributed by atoms with E-state index in [4.69, 9.17) is 4.74 Å². The standard InChI is InChI=1S/C23H18N2O3/c1-17(26)19-9-12-22(13-10-19)28-16-23(27)25-21-7-4-5-18(15-21)8-11-20-6-2-3-14-24-20/h2-7,9-10,12-15H,16H2,1H3,(H,25,27). The van der Waals surface area contributed by atoms with Crippen molar-refractivity contribution >= 4 is 17.4 Å². The number of amides is 1. The van der Waals surface area contributed by atoms with Crippen LogP contribution in [0.5, 0.6) is 5.75 Å². The maximum atomic E-state index is 12.1. The predicted octanol–water partition coefficient (Wildman–Crippen LogP) is 3.70. The van der Waals surface area contributed by atoms with E-state index < -0.39 is 0 Å². The molecular formula is C23H18N2O3. The number of rotatable bonds is 5. The van der Waals surface area contributed by atoms with Crippen LogP contribution in [0.3, 0.4) is 0 Å². The summed E-state index contributed by atoms with van der Waals surface area (Å²) in [6, 6.07) is 19.5. The van der Waals surface area contributed by atoms with Crippen molar-refractivity contribution in [2.24, 2.45) is 0 Å². The van der Waals surface area contributed by atoms with Crippen molar-refractivity contribution in [2.75, 3.05) is 11.9 Å². The van der Waals surface area contributed by atoms with Gasteiger partial charge in [-0.2, -0.15) is 0 Å². The Morgan fingerprint density at radius 3 is 2.54 bits per heavy atom. The van der Waals surface area contributed by atoms with Crippen LogP contribution in [-0.2, 0) is 4.79 Å². The van der Waals surface area contributed by atoms with Crippen LogP contribution in [0, 0.1) is 11.8 Å². The van der Waals surface area contributed by atoms with Crippen molar-refractivity contribution in [3.05, 3.63) is 89.7 Å². The normalized spacial score (nSPS) is 9.75. The second-order valence-electron chi connectivity index (χ2n) is 5.96. The van der Waals surface area contributed by atoms with Gasteiger partial charge in [0.15, 0.2) is 12.4 Å². The predicted molar refractivity (Wildman–Crippen MR) is 107 cm³/mol. The fourth-order valence-electron chi connectivity index (χ4n) is 2.38. The molecule has 0 fully saturated rings. The maximum absolute atomic E-state index is 12.1. The Kier molecular flexibility index (Phi) is 6.17. The zero-order chi connectivity index (χ0) is 19.8. The van der Waals surface area contributed by atoms with Crippen molar-refractivity contribution in [3.63, 3.8) is 0 Å². The average Bonchev–Trinajstić information content (AvgIpc) is 2.72. The minimum Gasteiger partial charge on any atom is -0.484 e. The highest BCUT2D eigenvalue weighted by molar-refractivity contribution is 5.94. The molecule has 28 heavy (non-hydrogen) atoms. The number of hydrogen-bond donors (Lipinski definition) is 1. The van der Waals surface area contributed by atoms with Gasteiger partial charge < -0.3 is 10.1 Å². The largest absolute Gasteiger partial charge is 0.484 e. The number of ether oxygens (including phenoxy) is 1. The van der Waals surface area contributed by atoms with Gasteiger partial charge in [-0.15, -0.1) is 0 Å². The minimum absolute atomic E-state index is 0.0182. The molecule has 0 unspecified atom stereocenters. The van der Waals surface area contributed by atoms with Crippen LogP contribution < -0.4 is 10.1 Å². The average molecular weight is 370 g/mol. The van der Waals surface area contributed by atoms with E-state index in [0.29, 0.717) is 22.7 Å². The summed E-state index contributed by atoms with van der Waals surface area (Å²) < 4.78 is 5.45. The molecule has 0 atom stereocenters. The summed E-state index contributed by atoms with van der Waals surface area (Å²) in [5, 5.41) is 2.78. The van der Waals surface area contributed by atoms with E-state index in [-0.39, 0.29) is 18.3 Å². The highest BCUT2D eigenvalue weighted by Gasteiger charge is 2.05. The monoisotopic (exact) mass is 370 g/mol. The summed E-state index contributed by atoms with van der Waals surface area (Å²) in [6.07, 6.45) is 1.69. The number of pyridine rings is 1. The van der Waals surface area contributed by atoms with Crippen LogP contribution in [0.1, 0.15) is 28.5 Å². The molecule has 0 aliphatic heterocycles. The van der Waals surface area contributed by atoms with Crippen molar-refractivity contribution in [1.82, 2.24) is 4.98 Å². The molecule has 0 aliphatic carbocycles. The fraction of sp³-hybridized carbons (Fsp3) is 0.0870. The molecule has 3 aromatic rings. The molecule has 3 rings (SSSR count). The van der Waals surface area contributed by atoms with Crippen molar-refractivity contribution in [2.45, 2.75) is 6.92 Å². The van der Waals surface area contributed by atoms with Crippen molar-refractivity contribution in [3.8, 4) is 17.6 Å². The van der Waals surface area contributed by atoms with Gasteiger partial charge in [0.25, 0.3) is 5.91 Å². The van der Waals surface area contributed by atoms with Gasteiger partial charge in [-0.3, -0.25) is 9.59 Å². The van der Waals surface area contributed by atoms with Gasteiger partial charge in [-0.05, 0) is 67.4 Å². The van der Waals surface area contributed by atoms with Crippen molar-refractivity contribution < 1.29 is 14.3 Å². The Morgan fingerprint density at radius 1 is 1.00 bits per heavy atom. The zero-order valence-corrected chi connectivity index (χ0v) is 15.3. The molecule has 5 heteroatoms. The van der Waals surface area contributed by atoms with Gasteiger partial charge in [0.1, 0.15) is 11.4 Å². The van der Waals surface area contributed by atoms with E-state index >= 15 is 0 Å². The molecule has 0 saturated heterocycles. The summed E-state index contributed by atoms with van der Waals surface area (Å²) in [4.78, 5) is 27.5. The Bertz CT molecular complexity index is 1030. The third-order valence-electron chi connectivity index (χ3n) is 3.78. The fourth-order valence-corrected chi connectivity index (χ4v) is 2.38. The Morgan fingerprint density at radius 2 is 1.82 bits per heavy atom. The van der Waals surface area contributed by atoms with Gasteiger partial charge in [-0.1, -0.05) is 18.1 Å². The Balaban J connectivity index is 1.57. The van der Waals surface area contributed by atoms with Gasteiger partial charge in [0.05, 0.1) is 0 Å². The van der Waals surface area contributed by atoms with Gasteiger partial charge >= 0.3 is 0 Å². The first kappa shape index (κ1) is 18.9. The number of ketones is 1. The number of hydrogen-bond acceptors (Lipinski definition) is 4. The number of Topliss-reactive ketones (excluding diaryl/α,β-unsaturated/α-hetero) is 1. The molecule has 138 valence electrons. The molecule has 0 aliphatic rings. The summed E-state index contributed by atoms with van der Waals surface area (Å²) in [7, 11) is 0. The molecule has 1 N–H and O–H groups in total. The molecule has 0 radical (unpaired) electrons. The smallest absolute Gasteiger partial charge is 0.262 e. The number of carbonyl (C=O) groups excluding carboxylic acids is 2. The highest BCUT2D eigenvalue weighted by atomic mass is 16.5. The molecule has 1 heterocycles. The van der Waals surface area contributed by atoms with Crippen molar-refractivity contribution in [1.29, 1.82) is 0 Å². The van der Waals surface area contributed by atoms with E-state index in [2.05, 4.69) is 22.1 Å². The highest BCUT2D eigenvalue weighted by Crippen LogP contribution is 2.13. The van der Waals surface area contributed by atoms with Crippen LogP contribution in [0.15, 0.2) is 72.9 Å². The third kappa shape index (κ3) is 5.55. The molecule has 0 bridgehead atoms. The van der Waals surface area contributed by atoms with E-state index in [1.807, 2.05) is 30.3 Å². The molecule has 0 spiro atoms. The second kappa shape index (κ2) is 9.15. The summed E-state index contributed by atoms with van der Waals surface area (Å²) >= 11 is 0. The van der Waals surface area contributed by atoms with E-state index in [1.165, 1.54) is 6.92 Å². The first-order valence-electron chi connectivity index (χ1n) is 8.67. The quantitative estimate of drug-likeness (QED) is 0.549. The Hall–Kier alpha value is -3.91. The molecular weight excluding hydrogens is 352 g/mol. The van der Waals surface area contributed by atoms with Gasteiger partial charge in [0, 0.05) is 23.0 Å². The van der Waals surface area contributed by atoms with Crippen LogP contribution in [0.4, 0.5) is 5.69 Å². The lowest BCUT2D eigenvalue weighted by Gasteiger charge is -2.08. The van der Waals surface area contributed by atoms with E-state index in [0.717, 1.165) is 5.56 Å². The SMILES string of the molecule is CC(=O)c1ccc(OCC(=O)Nc2cccc(C#Cc3ccccn3)c2)cc1. The first-order chi connectivity index (χ1) is 13.6. The summed E-state index contributed by atoms with van der Waals surface area (Å²) in [5.41, 5.74) is 2.68. The number of anilines is 1. The number of nitrogens with zero attached hydrogens (tertiary/aromatic N) is 1. The lowest BCUT2D eigenvalue weighted by molar-refractivity contribution is -0.118.